The summed E-state index contributed by atoms with van der Waals surface area (Å²) in [7, 11) is 3.45. The molecule has 6 heteroatoms. The molecule has 0 aliphatic rings. The van der Waals surface area contributed by atoms with Gasteiger partial charge in [-0.1, -0.05) is 12.2 Å². The zero-order valence-electron chi connectivity index (χ0n) is 10.8. The molecule has 100 valence electrons. The number of aromatic nitrogens is 2. The summed E-state index contributed by atoms with van der Waals surface area (Å²) in [6, 6.07) is 7.24. The fraction of sp³-hybridized carbons (Fsp3) is 0.231. The summed E-state index contributed by atoms with van der Waals surface area (Å²) in [5.41, 5.74) is 7.18. The smallest absolute Gasteiger partial charge is 0.132 e. The van der Waals surface area contributed by atoms with E-state index in [1.54, 1.807) is 30.0 Å². The van der Waals surface area contributed by atoms with Crippen molar-refractivity contribution in [2.75, 3.05) is 7.11 Å². The molecule has 0 amide bonds. The Balaban J connectivity index is 2.15. The highest BCUT2D eigenvalue weighted by Gasteiger charge is 2.06. The lowest BCUT2D eigenvalue weighted by molar-refractivity contribution is 0.297. The SMILES string of the molecule is COc1cc(OCc2ccn(C)n2)cc(C(N)=S)c1. The molecule has 0 bridgehead atoms. The Bertz CT molecular complexity index is 595. The summed E-state index contributed by atoms with van der Waals surface area (Å²) < 4.78 is 12.6. The minimum atomic E-state index is 0.307. The summed E-state index contributed by atoms with van der Waals surface area (Å²) in [4.78, 5) is 0.307. The van der Waals surface area contributed by atoms with Gasteiger partial charge in [0.25, 0.3) is 0 Å². The lowest BCUT2D eigenvalue weighted by Crippen LogP contribution is -2.10. The van der Waals surface area contributed by atoms with Gasteiger partial charge in [-0.05, 0) is 18.2 Å². The summed E-state index contributed by atoms with van der Waals surface area (Å²) >= 11 is 4.96. The summed E-state index contributed by atoms with van der Waals surface area (Å²) in [6.45, 7) is 0.380. The lowest BCUT2D eigenvalue weighted by atomic mass is 10.2. The van der Waals surface area contributed by atoms with E-state index in [1.165, 1.54) is 0 Å². The largest absolute Gasteiger partial charge is 0.497 e. The Morgan fingerprint density at radius 3 is 2.68 bits per heavy atom. The molecule has 19 heavy (non-hydrogen) atoms. The minimum absolute atomic E-state index is 0.307. The second kappa shape index (κ2) is 5.71. The molecule has 0 radical (unpaired) electrons. The number of ether oxygens (including phenoxy) is 2. The van der Waals surface area contributed by atoms with E-state index in [4.69, 9.17) is 27.4 Å². The predicted octanol–water partition coefficient (Wildman–Crippen LogP) is 1.64. The normalized spacial score (nSPS) is 10.2. The molecule has 2 N–H and O–H groups in total. The van der Waals surface area contributed by atoms with E-state index < -0.39 is 0 Å². The Kier molecular flexibility index (Phi) is 4.01. The second-order valence-corrected chi connectivity index (χ2v) is 4.47. The van der Waals surface area contributed by atoms with E-state index in [2.05, 4.69) is 5.10 Å². The van der Waals surface area contributed by atoms with Crippen molar-refractivity contribution in [3.63, 3.8) is 0 Å². The second-order valence-electron chi connectivity index (χ2n) is 4.03. The van der Waals surface area contributed by atoms with E-state index in [0.29, 0.717) is 28.7 Å². The Labute approximate surface area is 116 Å². The van der Waals surface area contributed by atoms with Crippen LogP contribution in [0, 0.1) is 0 Å². The summed E-state index contributed by atoms with van der Waals surface area (Å²) in [6.07, 6.45) is 1.87. The standard InChI is InChI=1S/C13H15N3O2S/c1-16-4-3-10(15-16)8-18-12-6-9(13(14)19)5-11(7-12)17-2/h3-7H,8H2,1-2H3,(H2,14,19). The van der Waals surface area contributed by atoms with Crippen LogP contribution in [0.4, 0.5) is 0 Å². The Morgan fingerprint density at radius 1 is 1.37 bits per heavy atom. The molecule has 5 nitrogen and oxygen atoms in total. The van der Waals surface area contributed by atoms with Crippen LogP contribution in [0.25, 0.3) is 0 Å². The molecule has 2 rings (SSSR count). The monoisotopic (exact) mass is 277 g/mol. The summed E-state index contributed by atoms with van der Waals surface area (Å²) in [5.74, 6) is 1.30. The van der Waals surface area contributed by atoms with Crippen molar-refractivity contribution < 1.29 is 9.47 Å². The zero-order valence-corrected chi connectivity index (χ0v) is 11.6. The number of nitrogens with two attached hydrogens (primary N) is 1. The molecule has 0 saturated heterocycles. The highest BCUT2D eigenvalue weighted by Crippen LogP contribution is 2.23. The number of rotatable bonds is 5. The maximum Gasteiger partial charge on any atom is 0.132 e. The van der Waals surface area contributed by atoms with Crippen molar-refractivity contribution in [2.45, 2.75) is 6.61 Å². The zero-order chi connectivity index (χ0) is 13.8. The van der Waals surface area contributed by atoms with Gasteiger partial charge in [-0.15, -0.1) is 0 Å². The van der Waals surface area contributed by atoms with Gasteiger partial charge < -0.3 is 15.2 Å². The first kappa shape index (κ1) is 13.4. The first-order valence-electron chi connectivity index (χ1n) is 5.68. The number of hydrogen-bond donors (Lipinski definition) is 1. The van der Waals surface area contributed by atoms with Crippen molar-refractivity contribution in [3.05, 3.63) is 41.7 Å². The van der Waals surface area contributed by atoms with Crippen LogP contribution in [0.1, 0.15) is 11.3 Å². The van der Waals surface area contributed by atoms with Gasteiger partial charge in [0, 0.05) is 24.9 Å². The fourth-order valence-electron chi connectivity index (χ4n) is 1.61. The van der Waals surface area contributed by atoms with E-state index in [0.717, 1.165) is 5.69 Å². The highest BCUT2D eigenvalue weighted by atomic mass is 32.1. The number of benzene rings is 1. The van der Waals surface area contributed by atoms with Gasteiger partial charge >= 0.3 is 0 Å². The van der Waals surface area contributed by atoms with Crippen LogP contribution in [0.2, 0.25) is 0 Å². The van der Waals surface area contributed by atoms with Crippen LogP contribution in [0.15, 0.2) is 30.5 Å². The first-order valence-corrected chi connectivity index (χ1v) is 6.09. The van der Waals surface area contributed by atoms with Gasteiger partial charge in [0.1, 0.15) is 23.1 Å². The number of hydrogen-bond acceptors (Lipinski definition) is 4. The molecule has 0 spiro atoms. The molecule has 2 aromatic rings. The first-order chi connectivity index (χ1) is 9.08. The number of methoxy groups -OCH3 is 1. The number of nitrogens with zero attached hydrogens (tertiary/aromatic N) is 2. The molecule has 0 saturated carbocycles. The van der Waals surface area contributed by atoms with Crippen LogP contribution in [-0.4, -0.2) is 21.9 Å². The van der Waals surface area contributed by atoms with Crippen LogP contribution in [-0.2, 0) is 13.7 Å². The van der Waals surface area contributed by atoms with Crippen molar-refractivity contribution in [2.24, 2.45) is 12.8 Å². The summed E-state index contributed by atoms with van der Waals surface area (Å²) in [5, 5.41) is 4.24. The average molecular weight is 277 g/mol. The van der Waals surface area contributed by atoms with Gasteiger partial charge in [0.05, 0.1) is 12.8 Å². The number of thiocarbonyl (C=S) groups is 1. The molecule has 0 aliphatic carbocycles. The molecule has 0 unspecified atom stereocenters. The molecule has 0 fully saturated rings. The van der Waals surface area contributed by atoms with Crippen molar-refractivity contribution in [1.82, 2.24) is 9.78 Å². The number of aryl methyl sites for hydroxylation is 1. The molecule has 1 heterocycles. The molecular weight excluding hydrogens is 262 g/mol. The molecule has 0 aliphatic heterocycles. The fourth-order valence-corrected chi connectivity index (χ4v) is 1.73. The Hall–Kier alpha value is -2.08. The van der Waals surface area contributed by atoms with Gasteiger partial charge in [-0.3, -0.25) is 4.68 Å². The molecule has 1 aromatic heterocycles. The average Bonchev–Trinajstić information content (AvgIpc) is 2.81. The van der Waals surface area contributed by atoms with E-state index in [-0.39, 0.29) is 0 Å². The van der Waals surface area contributed by atoms with Crippen LogP contribution in [0.3, 0.4) is 0 Å². The predicted molar refractivity (Wildman–Crippen MR) is 76.4 cm³/mol. The van der Waals surface area contributed by atoms with Crippen molar-refractivity contribution >= 4 is 17.2 Å². The topological polar surface area (TPSA) is 62.3 Å². The molecule has 0 atom stereocenters. The third-order valence-electron chi connectivity index (χ3n) is 2.56. The van der Waals surface area contributed by atoms with Gasteiger partial charge in [0.15, 0.2) is 0 Å². The maximum absolute atomic E-state index is 5.67. The minimum Gasteiger partial charge on any atom is -0.497 e. The van der Waals surface area contributed by atoms with Crippen LogP contribution in [0.5, 0.6) is 11.5 Å². The van der Waals surface area contributed by atoms with E-state index >= 15 is 0 Å². The molecular formula is C13H15N3O2S. The van der Waals surface area contributed by atoms with Crippen molar-refractivity contribution in [1.29, 1.82) is 0 Å². The van der Waals surface area contributed by atoms with Crippen molar-refractivity contribution in [3.8, 4) is 11.5 Å². The molecule has 1 aromatic carbocycles. The lowest BCUT2D eigenvalue weighted by Gasteiger charge is -2.09. The van der Waals surface area contributed by atoms with Crippen LogP contribution < -0.4 is 15.2 Å². The van der Waals surface area contributed by atoms with Gasteiger partial charge in [-0.25, -0.2) is 0 Å². The van der Waals surface area contributed by atoms with Crippen LogP contribution >= 0.6 is 12.2 Å². The third kappa shape index (κ3) is 3.45. The van der Waals surface area contributed by atoms with Gasteiger partial charge in [0.2, 0.25) is 0 Å². The third-order valence-corrected chi connectivity index (χ3v) is 2.79. The highest BCUT2D eigenvalue weighted by molar-refractivity contribution is 7.80. The van der Waals surface area contributed by atoms with E-state index in [9.17, 15) is 0 Å². The van der Waals surface area contributed by atoms with Gasteiger partial charge in [-0.2, -0.15) is 5.10 Å². The Morgan fingerprint density at radius 2 is 2.11 bits per heavy atom. The maximum atomic E-state index is 5.67. The van der Waals surface area contributed by atoms with E-state index in [1.807, 2.05) is 19.3 Å². The quantitative estimate of drug-likeness (QED) is 0.842.